The van der Waals surface area contributed by atoms with Crippen LogP contribution in [0.2, 0.25) is 0 Å². The highest BCUT2D eigenvalue weighted by Crippen LogP contribution is 2.26. The molecule has 3 saturated heterocycles. The molecule has 3 heterocycles. The van der Waals surface area contributed by atoms with E-state index in [1.165, 1.54) is 0 Å². The quantitative estimate of drug-likeness (QED) is 0.792. The molecule has 0 aliphatic carbocycles. The van der Waals surface area contributed by atoms with Crippen molar-refractivity contribution >= 4 is 0 Å². The molecule has 3 nitrogen and oxygen atoms in total. The summed E-state index contributed by atoms with van der Waals surface area (Å²) in [5.41, 5.74) is 1.04. The van der Waals surface area contributed by atoms with E-state index < -0.39 is 0 Å². The topological polar surface area (TPSA) is 26.7 Å². The van der Waals surface area contributed by atoms with Crippen LogP contribution >= 0.6 is 0 Å². The molecule has 3 aliphatic rings. The standard InChI is InChI=1S/C13H18N2O/c16-13(11-4-2-1-3-5-11)12-10-14-6-8-15(12)9-7-14/h1-5,12-13,16H,6-10H2. The summed E-state index contributed by atoms with van der Waals surface area (Å²) >= 11 is 0. The average molecular weight is 218 g/mol. The van der Waals surface area contributed by atoms with Gasteiger partial charge in [0.25, 0.3) is 0 Å². The Balaban J connectivity index is 1.78. The Kier molecular flexibility index (Phi) is 2.67. The summed E-state index contributed by atoms with van der Waals surface area (Å²) < 4.78 is 0. The Morgan fingerprint density at radius 1 is 1.06 bits per heavy atom. The Labute approximate surface area is 96.3 Å². The summed E-state index contributed by atoms with van der Waals surface area (Å²) in [6, 6.07) is 10.3. The molecule has 1 aromatic rings. The van der Waals surface area contributed by atoms with Crippen molar-refractivity contribution in [2.75, 3.05) is 32.7 Å². The van der Waals surface area contributed by atoms with E-state index in [4.69, 9.17) is 0 Å². The summed E-state index contributed by atoms with van der Waals surface area (Å²) in [7, 11) is 0. The molecule has 1 N–H and O–H groups in total. The molecule has 2 unspecified atom stereocenters. The summed E-state index contributed by atoms with van der Waals surface area (Å²) in [6.45, 7) is 5.55. The van der Waals surface area contributed by atoms with Gasteiger partial charge < -0.3 is 5.11 Å². The Hall–Kier alpha value is -0.900. The van der Waals surface area contributed by atoms with Gasteiger partial charge in [-0.1, -0.05) is 30.3 Å². The largest absolute Gasteiger partial charge is 0.387 e. The molecule has 0 aromatic heterocycles. The highest BCUT2D eigenvalue weighted by molar-refractivity contribution is 5.19. The molecule has 1 aromatic carbocycles. The highest BCUT2D eigenvalue weighted by atomic mass is 16.3. The first-order valence-corrected chi connectivity index (χ1v) is 6.04. The molecule has 4 rings (SSSR count). The van der Waals surface area contributed by atoms with Crippen LogP contribution in [0, 0.1) is 0 Å². The van der Waals surface area contributed by atoms with Gasteiger partial charge in [-0.15, -0.1) is 0 Å². The number of hydrogen-bond acceptors (Lipinski definition) is 3. The zero-order valence-electron chi connectivity index (χ0n) is 9.42. The fourth-order valence-electron chi connectivity index (χ4n) is 2.83. The summed E-state index contributed by atoms with van der Waals surface area (Å²) in [5.74, 6) is 0. The second kappa shape index (κ2) is 4.17. The number of nitrogens with zero attached hydrogens (tertiary/aromatic N) is 2. The van der Waals surface area contributed by atoms with E-state index in [-0.39, 0.29) is 12.1 Å². The second-order valence-electron chi connectivity index (χ2n) is 4.76. The lowest BCUT2D eigenvalue weighted by Gasteiger charge is -2.49. The molecular formula is C13H18N2O. The van der Waals surface area contributed by atoms with Crippen molar-refractivity contribution in [1.82, 2.24) is 9.80 Å². The fraction of sp³-hybridized carbons (Fsp3) is 0.538. The molecule has 2 atom stereocenters. The lowest BCUT2D eigenvalue weighted by atomic mass is 9.97. The number of aliphatic hydroxyl groups is 1. The predicted molar refractivity (Wildman–Crippen MR) is 63.2 cm³/mol. The molecule has 16 heavy (non-hydrogen) atoms. The maximum atomic E-state index is 10.4. The van der Waals surface area contributed by atoms with E-state index in [2.05, 4.69) is 9.80 Å². The number of rotatable bonds is 2. The Morgan fingerprint density at radius 2 is 1.75 bits per heavy atom. The van der Waals surface area contributed by atoms with Gasteiger partial charge in [0, 0.05) is 32.7 Å². The maximum absolute atomic E-state index is 10.4. The molecule has 3 heteroatoms. The number of hydrogen-bond donors (Lipinski definition) is 1. The first-order valence-electron chi connectivity index (χ1n) is 6.04. The number of benzene rings is 1. The molecule has 86 valence electrons. The second-order valence-corrected chi connectivity index (χ2v) is 4.76. The van der Waals surface area contributed by atoms with Crippen LogP contribution in [0.5, 0.6) is 0 Å². The normalized spacial score (nSPS) is 34.9. The first kappa shape index (κ1) is 10.3. The van der Waals surface area contributed by atoms with Crippen molar-refractivity contribution in [3.05, 3.63) is 35.9 Å². The molecule has 0 radical (unpaired) electrons. The molecule has 3 fully saturated rings. The van der Waals surface area contributed by atoms with Crippen molar-refractivity contribution in [2.24, 2.45) is 0 Å². The van der Waals surface area contributed by atoms with Gasteiger partial charge in [0.2, 0.25) is 0 Å². The van der Waals surface area contributed by atoms with Gasteiger partial charge in [-0.2, -0.15) is 0 Å². The minimum atomic E-state index is -0.343. The lowest BCUT2D eigenvalue weighted by molar-refractivity contribution is -0.0470. The van der Waals surface area contributed by atoms with Gasteiger partial charge in [-0.25, -0.2) is 0 Å². The third-order valence-electron chi connectivity index (χ3n) is 3.83. The van der Waals surface area contributed by atoms with E-state index in [9.17, 15) is 5.11 Å². The van der Waals surface area contributed by atoms with Crippen LogP contribution in [0.4, 0.5) is 0 Å². The molecule has 0 saturated carbocycles. The Morgan fingerprint density at radius 3 is 2.31 bits per heavy atom. The number of aliphatic hydroxyl groups excluding tert-OH is 1. The summed E-state index contributed by atoms with van der Waals surface area (Å²) in [5, 5.41) is 10.4. The summed E-state index contributed by atoms with van der Waals surface area (Å²) in [6.07, 6.45) is -0.343. The first-order chi connectivity index (χ1) is 7.84. The zero-order valence-corrected chi connectivity index (χ0v) is 9.42. The van der Waals surface area contributed by atoms with Crippen LogP contribution in [-0.4, -0.2) is 53.7 Å². The van der Waals surface area contributed by atoms with Crippen molar-refractivity contribution in [2.45, 2.75) is 12.1 Å². The van der Waals surface area contributed by atoms with Crippen LogP contribution < -0.4 is 0 Å². The monoisotopic (exact) mass is 218 g/mol. The number of fused-ring (bicyclic) bond motifs is 3. The molecular weight excluding hydrogens is 200 g/mol. The van der Waals surface area contributed by atoms with E-state index in [0.717, 1.165) is 38.3 Å². The fourth-order valence-corrected chi connectivity index (χ4v) is 2.83. The predicted octanol–water partition coefficient (Wildman–Crippen LogP) is 0.720. The minimum absolute atomic E-state index is 0.282. The van der Waals surface area contributed by atoms with Crippen molar-refractivity contribution in [3.63, 3.8) is 0 Å². The Bertz CT molecular complexity index is 346. The average Bonchev–Trinajstić information content (AvgIpc) is 2.40. The number of piperazine rings is 3. The van der Waals surface area contributed by atoms with Crippen LogP contribution in [0.15, 0.2) is 30.3 Å². The third-order valence-corrected chi connectivity index (χ3v) is 3.83. The smallest absolute Gasteiger partial charge is 0.0957 e. The third kappa shape index (κ3) is 1.75. The van der Waals surface area contributed by atoms with E-state index in [0.29, 0.717) is 0 Å². The SMILES string of the molecule is OC(c1ccccc1)C1CN2CCN1CC2. The van der Waals surface area contributed by atoms with Crippen molar-refractivity contribution in [1.29, 1.82) is 0 Å². The van der Waals surface area contributed by atoms with Gasteiger partial charge in [-0.05, 0) is 5.56 Å². The molecule has 0 amide bonds. The van der Waals surface area contributed by atoms with Crippen LogP contribution in [0.1, 0.15) is 11.7 Å². The van der Waals surface area contributed by atoms with Crippen molar-refractivity contribution < 1.29 is 5.11 Å². The zero-order chi connectivity index (χ0) is 11.0. The van der Waals surface area contributed by atoms with Gasteiger partial charge in [0.05, 0.1) is 12.1 Å². The van der Waals surface area contributed by atoms with E-state index >= 15 is 0 Å². The van der Waals surface area contributed by atoms with Gasteiger partial charge in [0.1, 0.15) is 0 Å². The summed E-state index contributed by atoms with van der Waals surface area (Å²) in [4.78, 5) is 4.88. The van der Waals surface area contributed by atoms with Gasteiger partial charge >= 0.3 is 0 Å². The molecule has 2 bridgehead atoms. The van der Waals surface area contributed by atoms with E-state index in [1.807, 2.05) is 30.3 Å². The highest BCUT2D eigenvalue weighted by Gasteiger charge is 2.36. The lowest BCUT2D eigenvalue weighted by Crippen LogP contribution is -2.62. The van der Waals surface area contributed by atoms with Gasteiger partial charge in [-0.3, -0.25) is 9.80 Å². The van der Waals surface area contributed by atoms with Crippen LogP contribution in [0.25, 0.3) is 0 Å². The molecule has 3 aliphatic heterocycles. The van der Waals surface area contributed by atoms with Gasteiger partial charge in [0.15, 0.2) is 0 Å². The van der Waals surface area contributed by atoms with Crippen LogP contribution in [-0.2, 0) is 0 Å². The minimum Gasteiger partial charge on any atom is -0.387 e. The van der Waals surface area contributed by atoms with Crippen molar-refractivity contribution in [3.8, 4) is 0 Å². The van der Waals surface area contributed by atoms with Crippen LogP contribution in [0.3, 0.4) is 0 Å². The molecule has 0 spiro atoms. The van der Waals surface area contributed by atoms with E-state index in [1.54, 1.807) is 0 Å². The maximum Gasteiger partial charge on any atom is 0.0957 e.